The molecule has 0 spiro atoms. The second kappa shape index (κ2) is 7.98. The third kappa shape index (κ3) is 4.31. The zero-order valence-corrected chi connectivity index (χ0v) is 15.9. The minimum absolute atomic E-state index is 0.0453. The summed E-state index contributed by atoms with van der Waals surface area (Å²) in [5.41, 5.74) is 0.615. The molecule has 3 saturated heterocycles. The Morgan fingerprint density at radius 1 is 1.11 bits per heavy atom. The van der Waals surface area contributed by atoms with Crippen LogP contribution in [0, 0.1) is 5.92 Å². The van der Waals surface area contributed by atoms with Crippen LogP contribution in [-0.2, 0) is 4.79 Å². The number of carbonyl (C=O) groups is 2. The van der Waals surface area contributed by atoms with Crippen molar-refractivity contribution < 1.29 is 14.3 Å². The third-order valence-corrected chi connectivity index (χ3v) is 5.34. The molecule has 7 heteroatoms. The van der Waals surface area contributed by atoms with E-state index in [0.717, 1.165) is 19.6 Å². The first-order valence-electron chi connectivity index (χ1n) is 9.62. The van der Waals surface area contributed by atoms with Crippen molar-refractivity contribution in [3.8, 4) is 11.6 Å². The monoisotopic (exact) mass is 380 g/mol. The van der Waals surface area contributed by atoms with Crippen LogP contribution in [0.5, 0.6) is 11.6 Å². The third-order valence-electron chi connectivity index (χ3n) is 5.34. The molecule has 0 saturated carbocycles. The number of benzene rings is 1. The highest BCUT2D eigenvalue weighted by Gasteiger charge is 2.34. The number of amides is 2. The van der Waals surface area contributed by atoms with Crippen LogP contribution < -0.4 is 15.4 Å². The van der Waals surface area contributed by atoms with Gasteiger partial charge in [0.05, 0.1) is 0 Å². The van der Waals surface area contributed by atoms with Gasteiger partial charge in [0.25, 0.3) is 5.91 Å². The van der Waals surface area contributed by atoms with Crippen LogP contribution in [0.25, 0.3) is 0 Å². The Morgan fingerprint density at radius 2 is 1.86 bits per heavy atom. The van der Waals surface area contributed by atoms with Crippen molar-refractivity contribution in [1.82, 2.24) is 15.2 Å². The standard InChI is InChI=1S/C21H24N4O3/c1-14(26)22-19-3-2-4-20(24-19)28-17-7-5-16(6-8-17)21(27)23-18-13-25-11-9-15(18)10-12-25/h2-8,15,18H,9-13H2,1H3,(H,23,27)(H,22,24,26)/t18-/m0/s1. The Labute approximate surface area is 164 Å². The van der Waals surface area contributed by atoms with Crippen LogP contribution in [-0.4, -0.2) is 47.4 Å². The van der Waals surface area contributed by atoms with E-state index in [2.05, 4.69) is 20.5 Å². The van der Waals surface area contributed by atoms with Gasteiger partial charge in [-0.25, -0.2) is 0 Å². The van der Waals surface area contributed by atoms with Gasteiger partial charge >= 0.3 is 0 Å². The summed E-state index contributed by atoms with van der Waals surface area (Å²) in [6, 6.07) is 12.4. The van der Waals surface area contributed by atoms with Gasteiger partial charge in [-0.15, -0.1) is 0 Å². The van der Waals surface area contributed by atoms with E-state index in [0.29, 0.717) is 28.9 Å². The molecule has 4 heterocycles. The first-order chi connectivity index (χ1) is 13.6. The Kier molecular flexibility index (Phi) is 5.25. The van der Waals surface area contributed by atoms with Gasteiger partial charge in [0.2, 0.25) is 11.8 Å². The number of ether oxygens (including phenoxy) is 1. The number of hydrogen-bond acceptors (Lipinski definition) is 5. The summed E-state index contributed by atoms with van der Waals surface area (Å²) in [6.07, 6.45) is 2.34. The van der Waals surface area contributed by atoms with Crippen molar-refractivity contribution >= 4 is 17.6 Å². The van der Waals surface area contributed by atoms with E-state index in [9.17, 15) is 9.59 Å². The fourth-order valence-corrected chi connectivity index (χ4v) is 3.90. The average Bonchev–Trinajstić information content (AvgIpc) is 2.69. The number of aromatic nitrogens is 1. The minimum atomic E-state index is -0.192. The van der Waals surface area contributed by atoms with Crippen molar-refractivity contribution in [2.75, 3.05) is 25.0 Å². The Balaban J connectivity index is 1.37. The van der Waals surface area contributed by atoms with Crippen LogP contribution in [0.4, 0.5) is 5.82 Å². The number of nitrogens with zero attached hydrogens (tertiary/aromatic N) is 2. The van der Waals surface area contributed by atoms with Crippen LogP contribution in [0.3, 0.4) is 0 Å². The highest BCUT2D eigenvalue weighted by Crippen LogP contribution is 2.28. The molecule has 2 N–H and O–H groups in total. The van der Waals surface area contributed by atoms with Gasteiger partial charge in [0, 0.05) is 31.1 Å². The second-order valence-electron chi connectivity index (χ2n) is 7.39. The number of fused-ring (bicyclic) bond motifs is 3. The topological polar surface area (TPSA) is 83.6 Å². The van der Waals surface area contributed by atoms with Gasteiger partial charge in [0.15, 0.2) is 0 Å². The van der Waals surface area contributed by atoms with Crippen LogP contribution in [0.1, 0.15) is 30.1 Å². The van der Waals surface area contributed by atoms with Crippen LogP contribution in [0.2, 0.25) is 0 Å². The van der Waals surface area contributed by atoms with Gasteiger partial charge in [-0.3, -0.25) is 9.59 Å². The number of pyridine rings is 1. The molecule has 146 valence electrons. The normalized spacial score (nSPS) is 23.1. The number of anilines is 1. The van der Waals surface area contributed by atoms with Gasteiger partial charge in [0.1, 0.15) is 11.6 Å². The Bertz CT molecular complexity index is 860. The molecular formula is C21H24N4O3. The molecule has 0 aliphatic carbocycles. The maximum absolute atomic E-state index is 12.6. The Morgan fingerprint density at radius 3 is 2.50 bits per heavy atom. The fourth-order valence-electron chi connectivity index (χ4n) is 3.90. The molecule has 1 aromatic heterocycles. The molecular weight excluding hydrogens is 356 g/mol. The van der Waals surface area contributed by atoms with Crippen molar-refractivity contribution in [2.24, 2.45) is 5.92 Å². The predicted octanol–water partition coefficient (Wildman–Crippen LogP) is 2.66. The highest BCUT2D eigenvalue weighted by atomic mass is 16.5. The minimum Gasteiger partial charge on any atom is -0.439 e. The van der Waals surface area contributed by atoms with E-state index < -0.39 is 0 Å². The summed E-state index contributed by atoms with van der Waals surface area (Å²) in [7, 11) is 0. The summed E-state index contributed by atoms with van der Waals surface area (Å²) >= 11 is 0. The number of rotatable bonds is 5. The molecule has 28 heavy (non-hydrogen) atoms. The molecule has 7 nitrogen and oxygen atoms in total. The van der Waals surface area contributed by atoms with E-state index in [1.165, 1.54) is 19.8 Å². The van der Waals surface area contributed by atoms with Crippen molar-refractivity contribution in [3.05, 3.63) is 48.0 Å². The highest BCUT2D eigenvalue weighted by molar-refractivity contribution is 5.94. The molecule has 2 bridgehead atoms. The summed E-state index contributed by atoms with van der Waals surface area (Å²) < 4.78 is 5.72. The van der Waals surface area contributed by atoms with E-state index in [4.69, 9.17) is 4.74 Å². The maximum Gasteiger partial charge on any atom is 0.251 e. The molecule has 1 aromatic carbocycles. The molecule has 0 unspecified atom stereocenters. The number of nitrogens with one attached hydrogen (secondary N) is 2. The second-order valence-corrected chi connectivity index (χ2v) is 7.39. The lowest BCUT2D eigenvalue weighted by atomic mass is 9.84. The van der Waals surface area contributed by atoms with E-state index in [-0.39, 0.29) is 17.9 Å². The van der Waals surface area contributed by atoms with E-state index >= 15 is 0 Å². The predicted molar refractivity (Wildman–Crippen MR) is 105 cm³/mol. The molecule has 2 aromatic rings. The Hall–Kier alpha value is -2.93. The van der Waals surface area contributed by atoms with Gasteiger partial charge in [-0.1, -0.05) is 6.07 Å². The van der Waals surface area contributed by atoms with Gasteiger partial charge in [-0.2, -0.15) is 4.98 Å². The lowest BCUT2D eigenvalue weighted by Gasteiger charge is -2.44. The smallest absolute Gasteiger partial charge is 0.251 e. The summed E-state index contributed by atoms with van der Waals surface area (Å²) in [5.74, 6) is 1.73. The zero-order valence-electron chi connectivity index (χ0n) is 15.9. The summed E-state index contributed by atoms with van der Waals surface area (Å²) in [4.78, 5) is 30.4. The van der Waals surface area contributed by atoms with Gasteiger partial charge in [-0.05, 0) is 62.2 Å². The van der Waals surface area contributed by atoms with E-state index in [1.807, 2.05) is 0 Å². The lowest BCUT2D eigenvalue weighted by Crippen LogP contribution is -2.57. The van der Waals surface area contributed by atoms with Crippen molar-refractivity contribution in [1.29, 1.82) is 0 Å². The number of carbonyl (C=O) groups excluding carboxylic acids is 2. The molecule has 3 fully saturated rings. The SMILES string of the molecule is CC(=O)Nc1cccc(Oc2ccc(C(=O)N[C@H]3CN4CCC3CC4)cc2)n1. The summed E-state index contributed by atoms with van der Waals surface area (Å²) in [6.45, 7) is 4.68. The first-order valence-corrected chi connectivity index (χ1v) is 9.62. The zero-order chi connectivity index (χ0) is 19.5. The fraction of sp³-hybridized carbons (Fsp3) is 0.381. The van der Waals surface area contributed by atoms with Gasteiger partial charge < -0.3 is 20.3 Å². The van der Waals surface area contributed by atoms with Crippen molar-refractivity contribution in [3.63, 3.8) is 0 Å². The molecule has 5 rings (SSSR count). The summed E-state index contributed by atoms with van der Waals surface area (Å²) in [5, 5.41) is 5.81. The molecule has 2 amide bonds. The lowest BCUT2D eigenvalue weighted by molar-refractivity contribution is -0.114. The van der Waals surface area contributed by atoms with Crippen LogP contribution >= 0.6 is 0 Å². The largest absolute Gasteiger partial charge is 0.439 e. The molecule has 0 radical (unpaired) electrons. The van der Waals surface area contributed by atoms with E-state index in [1.54, 1.807) is 42.5 Å². The van der Waals surface area contributed by atoms with Crippen molar-refractivity contribution in [2.45, 2.75) is 25.8 Å². The average molecular weight is 380 g/mol. The number of piperidine rings is 3. The molecule has 1 atom stereocenters. The molecule has 3 aliphatic heterocycles. The molecule has 3 aliphatic rings. The first kappa shape index (κ1) is 18.4. The maximum atomic E-state index is 12.6. The quantitative estimate of drug-likeness (QED) is 0.833. The van der Waals surface area contributed by atoms with Crippen LogP contribution in [0.15, 0.2) is 42.5 Å². The number of hydrogen-bond donors (Lipinski definition) is 2.